The fourth-order valence-electron chi connectivity index (χ4n) is 3.59. The number of H-pyrrole nitrogens is 1. The molecule has 8 nitrogen and oxygen atoms in total. The maximum atomic E-state index is 12.6. The smallest absolute Gasteiger partial charge is 0.248 e. The first-order valence-electron chi connectivity index (χ1n) is 10.9. The molecular formula is C25H25N5O3. The van der Waals surface area contributed by atoms with E-state index in [9.17, 15) is 9.59 Å². The van der Waals surface area contributed by atoms with E-state index in [1.165, 1.54) is 37.0 Å². The largest absolute Gasteiger partial charge is 0.450 e. The van der Waals surface area contributed by atoms with Crippen LogP contribution < -0.4 is 10.7 Å². The molecule has 1 amide bonds. The Kier molecular flexibility index (Phi) is 6.73. The van der Waals surface area contributed by atoms with Crippen molar-refractivity contribution < 1.29 is 9.21 Å². The third-order valence-electron chi connectivity index (χ3n) is 5.27. The summed E-state index contributed by atoms with van der Waals surface area (Å²) in [6, 6.07) is 13.0. The number of hydrogen-bond donors (Lipinski definition) is 2. The topological polar surface area (TPSA) is 114 Å². The summed E-state index contributed by atoms with van der Waals surface area (Å²) in [5, 5.41) is 16.7. The zero-order chi connectivity index (χ0) is 23.2. The van der Waals surface area contributed by atoms with Crippen LogP contribution in [0.15, 0.2) is 57.8 Å². The van der Waals surface area contributed by atoms with Crippen LogP contribution in [0.3, 0.4) is 0 Å². The minimum absolute atomic E-state index is 0.157. The number of carbonyl (C=O) groups is 1. The number of anilines is 1. The van der Waals surface area contributed by atoms with Crippen LogP contribution in [0.1, 0.15) is 42.9 Å². The van der Waals surface area contributed by atoms with E-state index in [2.05, 4.69) is 45.0 Å². The molecule has 2 N–H and O–H groups in total. The van der Waals surface area contributed by atoms with Crippen molar-refractivity contribution in [1.82, 2.24) is 20.6 Å². The number of hydrogen-bond acceptors (Lipinski definition) is 6. The molecule has 2 aromatic carbocycles. The van der Waals surface area contributed by atoms with Gasteiger partial charge < -0.3 is 9.73 Å². The summed E-state index contributed by atoms with van der Waals surface area (Å²) < 4.78 is 5.87. The van der Waals surface area contributed by atoms with Gasteiger partial charge in [0.1, 0.15) is 0 Å². The molecule has 0 aliphatic carbocycles. The highest BCUT2D eigenvalue weighted by atomic mass is 16.3. The molecule has 8 heteroatoms. The van der Waals surface area contributed by atoms with Crippen molar-refractivity contribution >= 4 is 28.6 Å². The zero-order valence-corrected chi connectivity index (χ0v) is 18.6. The Bertz CT molecular complexity index is 1340. The Morgan fingerprint density at radius 2 is 1.97 bits per heavy atom. The Morgan fingerprint density at radius 3 is 2.70 bits per heavy atom. The van der Waals surface area contributed by atoms with Crippen molar-refractivity contribution in [2.75, 3.05) is 5.32 Å². The molecular weight excluding hydrogens is 418 g/mol. The second kappa shape index (κ2) is 10.0. The van der Waals surface area contributed by atoms with Gasteiger partial charge in [-0.25, -0.2) is 0 Å². The minimum Gasteiger partial charge on any atom is -0.450 e. The van der Waals surface area contributed by atoms with Crippen LogP contribution in [0.2, 0.25) is 0 Å². The Balaban J connectivity index is 1.54. The van der Waals surface area contributed by atoms with Crippen LogP contribution in [0.5, 0.6) is 0 Å². The SMILES string of the molecule is CCCCCc1ccc(C=CC(=O)Nc2cc(C)cc3c(=O)cc(-c4nn[nH]n4)oc23)cc1. The molecule has 0 aliphatic rings. The summed E-state index contributed by atoms with van der Waals surface area (Å²) in [7, 11) is 0. The first-order valence-corrected chi connectivity index (χ1v) is 10.9. The third-order valence-corrected chi connectivity index (χ3v) is 5.27. The number of amides is 1. The summed E-state index contributed by atoms with van der Waals surface area (Å²) >= 11 is 0. The number of rotatable bonds is 8. The van der Waals surface area contributed by atoms with E-state index in [1.54, 1.807) is 18.2 Å². The number of benzene rings is 2. The Morgan fingerprint density at radius 1 is 1.15 bits per heavy atom. The van der Waals surface area contributed by atoms with Gasteiger partial charge in [-0.05, 0) is 59.9 Å². The second-order valence-electron chi connectivity index (χ2n) is 7.92. The minimum atomic E-state index is -0.332. The van der Waals surface area contributed by atoms with Gasteiger partial charge in [0.2, 0.25) is 11.7 Å². The van der Waals surface area contributed by atoms with Crippen LogP contribution in [0, 0.1) is 6.92 Å². The number of fused-ring (bicyclic) bond motifs is 1. The molecule has 4 rings (SSSR count). The van der Waals surface area contributed by atoms with Crippen molar-refractivity contribution in [2.24, 2.45) is 0 Å². The standard InChI is InChI=1S/C25H25N5O3/c1-3-4-5-6-17-7-9-18(10-8-17)11-12-23(32)26-20-14-16(2)13-19-21(31)15-22(33-24(19)20)25-27-29-30-28-25/h7-15H,3-6H2,1-2H3,(H,26,32)(H,27,28,29,30). The van der Waals surface area contributed by atoms with Gasteiger partial charge in [0, 0.05) is 12.1 Å². The molecule has 0 aliphatic heterocycles. The first kappa shape index (κ1) is 22.1. The lowest BCUT2D eigenvalue weighted by Crippen LogP contribution is -2.10. The molecule has 0 saturated carbocycles. The molecule has 4 aromatic rings. The molecule has 2 aromatic heterocycles. The van der Waals surface area contributed by atoms with E-state index < -0.39 is 0 Å². The van der Waals surface area contributed by atoms with Crippen molar-refractivity contribution in [3.63, 3.8) is 0 Å². The van der Waals surface area contributed by atoms with Gasteiger partial charge in [-0.15, -0.1) is 10.2 Å². The highest BCUT2D eigenvalue weighted by Crippen LogP contribution is 2.27. The van der Waals surface area contributed by atoms with Gasteiger partial charge in [-0.3, -0.25) is 9.59 Å². The average Bonchev–Trinajstić information content (AvgIpc) is 3.34. The van der Waals surface area contributed by atoms with E-state index in [1.807, 2.05) is 19.1 Å². The van der Waals surface area contributed by atoms with Crippen LogP contribution in [0.25, 0.3) is 28.6 Å². The first-order chi connectivity index (χ1) is 16.0. The monoisotopic (exact) mass is 443 g/mol. The maximum absolute atomic E-state index is 12.6. The lowest BCUT2D eigenvalue weighted by Gasteiger charge is -2.08. The number of aromatic nitrogens is 4. The fraction of sp³-hybridized carbons (Fsp3) is 0.240. The van der Waals surface area contributed by atoms with E-state index in [-0.39, 0.29) is 28.5 Å². The lowest BCUT2D eigenvalue weighted by molar-refractivity contribution is -0.111. The number of carbonyl (C=O) groups excluding carboxylic acids is 1. The molecule has 0 saturated heterocycles. The highest BCUT2D eigenvalue weighted by Gasteiger charge is 2.15. The quantitative estimate of drug-likeness (QED) is 0.302. The van der Waals surface area contributed by atoms with Crippen LogP contribution >= 0.6 is 0 Å². The lowest BCUT2D eigenvalue weighted by atomic mass is 10.1. The Hall–Kier alpha value is -4.07. The van der Waals surface area contributed by atoms with Crippen molar-refractivity contribution in [1.29, 1.82) is 0 Å². The molecule has 0 unspecified atom stereocenters. The third kappa shape index (κ3) is 5.41. The van der Waals surface area contributed by atoms with Gasteiger partial charge in [-0.2, -0.15) is 5.21 Å². The number of nitrogens with one attached hydrogen (secondary N) is 2. The summed E-state index contributed by atoms with van der Waals surface area (Å²) in [6.07, 6.45) is 7.89. The molecule has 0 fully saturated rings. The van der Waals surface area contributed by atoms with Gasteiger partial charge in [0.25, 0.3) is 0 Å². The highest BCUT2D eigenvalue weighted by molar-refractivity contribution is 6.06. The maximum Gasteiger partial charge on any atom is 0.248 e. The van der Waals surface area contributed by atoms with Crippen LogP contribution in [0.4, 0.5) is 5.69 Å². The van der Waals surface area contributed by atoms with Crippen LogP contribution in [-0.2, 0) is 11.2 Å². The van der Waals surface area contributed by atoms with Gasteiger partial charge in [0.15, 0.2) is 16.8 Å². The fourth-order valence-corrected chi connectivity index (χ4v) is 3.59. The molecule has 0 atom stereocenters. The van der Waals surface area contributed by atoms with Crippen molar-refractivity contribution in [3.05, 3.63) is 75.5 Å². The predicted molar refractivity (Wildman–Crippen MR) is 128 cm³/mol. The second-order valence-corrected chi connectivity index (χ2v) is 7.92. The van der Waals surface area contributed by atoms with E-state index >= 15 is 0 Å². The molecule has 2 heterocycles. The van der Waals surface area contributed by atoms with Gasteiger partial charge >= 0.3 is 0 Å². The molecule has 168 valence electrons. The zero-order valence-electron chi connectivity index (χ0n) is 18.6. The number of aromatic amines is 1. The van der Waals surface area contributed by atoms with Crippen molar-refractivity contribution in [2.45, 2.75) is 39.5 Å². The van der Waals surface area contributed by atoms with Gasteiger partial charge in [-0.1, -0.05) is 44.0 Å². The summed E-state index contributed by atoms with van der Waals surface area (Å²) in [5.41, 5.74) is 3.44. The van der Waals surface area contributed by atoms with E-state index in [4.69, 9.17) is 4.42 Å². The molecule has 33 heavy (non-hydrogen) atoms. The number of tetrazole rings is 1. The molecule has 0 radical (unpaired) electrons. The molecule has 0 spiro atoms. The summed E-state index contributed by atoms with van der Waals surface area (Å²) in [4.78, 5) is 25.3. The Labute approximate surface area is 190 Å². The predicted octanol–water partition coefficient (Wildman–Crippen LogP) is 4.67. The van der Waals surface area contributed by atoms with E-state index in [0.717, 1.165) is 17.5 Å². The normalized spacial score (nSPS) is 11.3. The van der Waals surface area contributed by atoms with Crippen molar-refractivity contribution in [3.8, 4) is 11.6 Å². The van der Waals surface area contributed by atoms with Crippen LogP contribution in [-0.4, -0.2) is 26.5 Å². The number of unbranched alkanes of at least 4 members (excludes halogenated alkanes) is 2. The van der Waals surface area contributed by atoms with E-state index in [0.29, 0.717) is 11.1 Å². The summed E-state index contributed by atoms with van der Waals surface area (Å²) in [5.74, 6) is -0.0124. The molecule has 0 bridgehead atoms. The summed E-state index contributed by atoms with van der Waals surface area (Å²) in [6.45, 7) is 4.04. The van der Waals surface area contributed by atoms with Gasteiger partial charge in [0.05, 0.1) is 11.1 Å². The average molecular weight is 444 g/mol. The number of nitrogens with zero attached hydrogens (tertiary/aromatic N) is 3. The number of aryl methyl sites for hydroxylation is 2.